The van der Waals surface area contributed by atoms with Crippen molar-refractivity contribution in [1.82, 2.24) is 0 Å². The molecule has 19 heavy (non-hydrogen) atoms. The highest BCUT2D eigenvalue weighted by Gasteiger charge is 2.30. The van der Waals surface area contributed by atoms with Gasteiger partial charge in [0, 0.05) is 0 Å². The van der Waals surface area contributed by atoms with Gasteiger partial charge in [-0.25, -0.2) is 0 Å². The fourth-order valence-electron chi connectivity index (χ4n) is 3.61. The second-order valence-corrected chi connectivity index (χ2v) is 7.34. The van der Waals surface area contributed by atoms with Crippen LogP contribution in [-0.2, 0) is 0 Å². The van der Waals surface area contributed by atoms with Crippen molar-refractivity contribution in [3.63, 3.8) is 0 Å². The third kappa shape index (κ3) is 2.79. The van der Waals surface area contributed by atoms with Crippen LogP contribution < -0.4 is 10.4 Å². The smallest absolute Gasteiger partial charge is 0.00582 e. The van der Waals surface area contributed by atoms with Gasteiger partial charge in [0.05, 0.1) is 0 Å². The lowest BCUT2D eigenvalue weighted by molar-refractivity contribution is 0.364. The van der Waals surface area contributed by atoms with E-state index in [-0.39, 0.29) is 0 Å². The van der Waals surface area contributed by atoms with Gasteiger partial charge < -0.3 is 0 Å². The summed E-state index contributed by atoms with van der Waals surface area (Å²) in [4.78, 5) is 0. The predicted octanol–water partition coefficient (Wildman–Crippen LogP) is 4.63. The average Bonchev–Trinajstić information content (AvgIpc) is 2.88. The molecule has 1 saturated carbocycles. The highest BCUT2D eigenvalue weighted by Crippen LogP contribution is 2.49. The van der Waals surface area contributed by atoms with E-state index in [0.717, 1.165) is 0 Å². The zero-order valence-electron chi connectivity index (χ0n) is 12.0. The number of hydrogen-bond acceptors (Lipinski definition) is 0. The molecule has 1 aromatic carbocycles. The molecule has 0 bridgehead atoms. The summed E-state index contributed by atoms with van der Waals surface area (Å²) in [6, 6.07) is 8.97. The van der Waals surface area contributed by atoms with Gasteiger partial charge in [0.2, 0.25) is 0 Å². The van der Waals surface area contributed by atoms with E-state index in [1.165, 1.54) is 70.4 Å². The highest BCUT2D eigenvalue weighted by atomic mass is 31.1. The Bertz CT molecular complexity index is 545. The Morgan fingerprint density at radius 1 is 0.895 bits per heavy atom. The van der Waals surface area contributed by atoms with E-state index >= 15 is 0 Å². The Morgan fingerprint density at radius 3 is 2.26 bits per heavy atom. The summed E-state index contributed by atoms with van der Waals surface area (Å²) in [6.07, 6.45) is 11.4. The first kappa shape index (κ1) is 13.4. The van der Waals surface area contributed by atoms with Crippen LogP contribution >= 0.6 is 8.58 Å². The van der Waals surface area contributed by atoms with E-state index in [9.17, 15) is 0 Å². The Balaban J connectivity index is 1.98. The number of benzene rings is 1. The fraction of sp³-hybridized carbons (Fsp3) is 0.556. The van der Waals surface area contributed by atoms with Crippen LogP contribution in [0.4, 0.5) is 0 Å². The minimum Gasteiger partial charge on any atom is -0.0616 e. The van der Waals surface area contributed by atoms with Crippen molar-refractivity contribution in [2.75, 3.05) is 0 Å². The summed E-state index contributed by atoms with van der Waals surface area (Å²) in [5.41, 5.74) is 0.439. The van der Waals surface area contributed by atoms with Gasteiger partial charge in [-0.3, -0.25) is 0 Å². The second-order valence-electron chi connectivity index (χ2n) is 6.38. The SMILES string of the molecule is CC1(C2=c3ccccc3=C[P]2)CCCCCCCC1. The molecule has 2 aliphatic rings. The molecular weight excluding hydrogens is 247 g/mol. The molecule has 0 saturated heterocycles. The summed E-state index contributed by atoms with van der Waals surface area (Å²) in [5.74, 6) is 2.41. The van der Waals surface area contributed by atoms with E-state index in [2.05, 4.69) is 37.0 Å². The molecule has 1 radical (unpaired) electrons. The number of rotatable bonds is 1. The van der Waals surface area contributed by atoms with Crippen molar-refractivity contribution in [3.8, 4) is 0 Å². The molecule has 1 heterocycles. The van der Waals surface area contributed by atoms with E-state index in [1.54, 1.807) is 5.31 Å². The van der Waals surface area contributed by atoms with Crippen molar-refractivity contribution < 1.29 is 0 Å². The molecule has 1 heteroatoms. The van der Waals surface area contributed by atoms with Crippen LogP contribution in [0.5, 0.6) is 0 Å². The lowest BCUT2D eigenvalue weighted by Gasteiger charge is -2.31. The van der Waals surface area contributed by atoms with Crippen LogP contribution in [0.2, 0.25) is 0 Å². The van der Waals surface area contributed by atoms with Gasteiger partial charge in [0.25, 0.3) is 0 Å². The molecule has 1 aliphatic carbocycles. The topological polar surface area (TPSA) is 0 Å². The minimum atomic E-state index is 0.439. The normalized spacial score (nSPS) is 24.2. The molecule has 1 aromatic rings. The summed E-state index contributed by atoms with van der Waals surface area (Å²) < 4.78 is 0. The molecule has 0 unspecified atom stereocenters. The summed E-state index contributed by atoms with van der Waals surface area (Å²) in [5, 5.41) is 4.69. The first-order valence-corrected chi connectivity index (χ1v) is 8.77. The van der Waals surface area contributed by atoms with Crippen LogP contribution in [-0.4, -0.2) is 0 Å². The molecule has 101 valence electrons. The van der Waals surface area contributed by atoms with Crippen molar-refractivity contribution in [1.29, 1.82) is 0 Å². The molecule has 1 aliphatic heterocycles. The van der Waals surface area contributed by atoms with Gasteiger partial charge in [0.1, 0.15) is 0 Å². The lowest BCUT2D eigenvalue weighted by Crippen LogP contribution is -2.28. The van der Waals surface area contributed by atoms with E-state index < -0.39 is 0 Å². The molecule has 0 atom stereocenters. The van der Waals surface area contributed by atoms with E-state index in [4.69, 9.17) is 0 Å². The summed E-state index contributed by atoms with van der Waals surface area (Å²) in [6.45, 7) is 2.52. The Morgan fingerprint density at radius 2 is 1.53 bits per heavy atom. The summed E-state index contributed by atoms with van der Waals surface area (Å²) >= 11 is 0. The molecule has 1 fully saturated rings. The Hall–Kier alpha value is -0.610. The van der Waals surface area contributed by atoms with Crippen LogP contribution in [0.25, 0.3) is 11.1 Å². The molecule has 0 nitrogen and oxygen atoms in total. The average molecular weight is 271 g/mol. The third-order valence-corrected chi connectivity index (χ3v) is 6.27. The lowest BCUT2D eigenvalue weighted by atomic mass is 9.79. The van der Waals surface area contributed by atoms with Crippen LogP contribution in [0.3, 0.4) is 0 Å². The van der Waals surface area contributed by atoms with Gasteiger partial charge in [-0.05, 0) is 48.4 Å². The first-order chi connectivity index (χ1) is 9.30. The Kier molecular flexibility index (Phi) is 4.08. The van der Waals surface area contributed by atoms with Crippen molar-refractivity contribution in [3.05, 3.63) is 34.7 Å². The number of fused-ring (bicyclic) bond motifs is 1. The monoisotopic (exact) mass is 271 g/mol. The van der Waals surface area contributed by atoms with Crippen molar-refractivity contribution in [2.24, 2.45) is 5.41 Å². The highest BCUT2D eigenvalue weighted by molar-refractivity contribution is 7.58. The van der Waals surface area contributed by atoms with Crippen LogP contribution in [0, 0.1) is 5.41 Å². The third-order valence-electron chi connectivity index (χ3n) is 4.83. The maximum Gasteiger partial charge on any atom is -0.00582 e. The maximum absolute atomic E-state index is 2.52. The van der Waals surface area contributed by atoms with Gasteiger partial charge in [0.15, 0.2) is 0 Å². The molecule has 0 spiro atoms. The van der Waals surface area contributed by atoms with E-state index in [1.807, 2.05) is 0 Å². The molecule has 0 amide bonds. The first-order valence-electron chi connectivity index (χ1n) is 7.80. The molecule has 3 rings (SSSR count). The van der Waals surface area contributed by atoms with E-state index in [0.29, 0.717) is 5.41 Å². The van der Waals surface area contributed by atoms with Crippen molar-refractivity contribution in [2.45, 2.75) is 58.3 Å². The molecule has 0 N–H and O–H groups in total. The van der Waals surface area contributed by atoms with Crippen molar-refractivity contribution >= 4 is 19.7 Å². The maximum atomic E-state index is 2.52. The molecule has 0 aromatic heterocycles. The molecular formula is C18H24P. The van der Waals surface area contributed by atoms with Gasteiger partial charge >= 0.3 is 0 Å². The largest absolute Gasteiger partial charge is 0.0616 e. The fourth-order valence-corrected chi connectivity index (χ4v) is 4.98. The predicted molar refractivity (Wildman–Crippen MR) is 85.5 cm³/mol. The second kappa shape index (κ2) is 5.80. The zero-order valence-corrected chi connectivity index (χ0v) is 12.9. The quantitative estimate of drug-likeness (QED) is 0.653. The zero-order chi connectivity index (χ0) is 13.1. The summed E-state index contributed by atoms with van der Waals surface area (Å²) in [7, 11) is 1.46. The van der Waals surface area contributed by atoms with Crippen LogP contribution in [0.1, 0.15) is 58.3 Å². The standard InChI is InChI=1S/C18H24P/c1-18(12-8-4-2-3-5-9-13-18)17-16-11-7-6-10-15(16)14-19-17/h6-7,10-11,14H,2-5,8-9,12-13H2,1H3. The van der Waals surface area contributed by atoms with Gasteiger partial charge in [-0.2, -0.15) is 0 Å². The van der Waals surface area contributed by atoms with Crippen LogP contribution in [0.15, 0.2) is 24.3 Å². The Labute approximate surface area is 118 Å². The van der Waals surface area contributed by atoms with Gasteiger partial charge in [-0.15, -0.1) is 0 Å². The van der Waals surface area contributed by atoms with Gasteiger partial charge in [-0.1, -0.05) is 69.7 Å². The number of hydrogen-bond donors (Lipinski definition) is 0. The minimum absolute atomic E-state index is 0.439.